The molecule has 0 aliphatic rings. The second kappa shape index (κ2) is 13.1. The number of hydrogen-bond donors (Lipinski definition) is 1. The number of phenols is 1. The minimum absolute atomic E-state index is 0.419. The largest absolute Gasteiger partial charge is 0.508 e. The van der Waals surface area contributed by atoms with E-state index in [2.05, 4.69) is 26.8 Å². The predicted molar refractivity (Wildman–Crippen MR) is 109 cm³/mol. The molecule has 0 radical (unpaired) electrons. The van der Waals surface area contributed by atoms with Crippen LogP contribution in [0, 0.1) is 5.92 Å². The van der Waals surface area contributed by atoms with Gasteiger partial charge < -0.3 is 9.84 Å². The zero-order chi connectivity index (χ0) is 18.5. The Kier molecular flexibility index (Phi) is 11.4. The van der Waals surface area contributed by atoms with E-state index in [1.807, 2.05) is 6.07 Å². The Morgan fingerprint density at radius 1 is 0.880 bits per heavy atom. The van der Waals surface area contributed by atoms with Crippen LogP contribution in [0.15, 0.2) is 12.1 Å². The van der Waals surface area contributed by atoms with E-state index in [1.54, 1.807) is 7.11 Å². The highest BCUT2D eigenvalue weighted by Crippen LogP contribution is 2.32. The van der Waals surface area contributed by atoms with Crippen molar-refractivity contribution in [2.24, 2.45) is 5.92 Å². The Labute approximate surface area is 156 Å². The molecule has 2 heteroatoms. The quantitative estimate of drug-likeness (QED) is 0.364. The number of unbranched alkanes of at least 4 members (excludes halogenated alkanes) is 7. The molecule has 0 amide bonds. The van der Waals surface area contributed by atoms with E-state index >= 15 is 0 Å². The first-order valence-electron chi connectivity index (χ1n) is 10.5. The van der Waals surface area contributed by atoms with Crippen molar-refractivity contribution in [2.75, 3.05) is 7.11 Å². The predicted octanol–water partition coefficient (Wildman–Crippen LogP) is 7.06. The average Bonchev–Trinajstić information content (AvgIpc) is 2.58. The van der Waals surface area contributed by atoms with Crippen molar-refractivity contribution >= 4 is 0 Å². The molecule has 0 spiro atoms. The van der Waals surface area contributed by atoms with Gasteiger partial charge in [0.15, 0.2) is 0 Å². The monoisotopic (exact) mass is 348 g/mol. The summed E-state index contributed by atoms with van der Waals surface area (Å²) in [7, 11) is 1.71. The molecule has 0 aliphatic carbocycles. The lowest BCUT2D eigenvalue weighted by atomic mass is 9.99. The Balaban J connectivity index is 2.37. The van der Waals surface area contributed by atoms with Gasteiger partial charge in [-0.05, 0) is 49.3 Å². The van der Waals surface area contributed by atoms with Crippen LogP contribution in [0.4, 0.5) is 0 Å². The van der Waals surface area contributed by atoms with E-state index < -0.39 is 0 Å². The maximum Gasteiger partial charge on any atom is 0.126 e. The van der Waals surface area contributed by atoms with Gasteiger partial charge in [0.1, 0.15) is 11.5 Å². The van der Waals surface area contributed by atoms with Crippen molar-refractivity contribution < 1.29 is 9.84 Å². The summed E-state index contributed by atoms with van der Waals surface area (Å²) in [4.78, 5) is 0. The fourth-order valence-electron chi connectivity index (χ4n) is 3.40. The minimum atomic E-state index is 0.419. The van der Waals surface area contributed by atoms with Gasteiger partial charge in [0.25, 0.3) is 0 Å². The summed E-state index contributed by atoms with van der Waals surface area (Å²) >= 11 is 0. The molecular weight excluding hydrogens is 308 g/mol. The van der Waals surface area contributed by atoms with Crippen molar-refractivity contribution in [3.63, 3.8) is 0 Å². The van der Waals surface area contributed by atoms with Crippen molar-refractivity contribution in [1.82, 2.24) is 0 Å². The number of phenolic OH excluding ortho intramolecular Hbond substituents is 1. The van der Waals surface area contributed by atoms with Gasteiger partial charge in [-0.25, -0.2) is 0 Å². The van der Waals surface area contributed by atoms with Crippen LogP contribution in [0.5, 0.6) is 11.5 Å². The molecule has 25 heavy (non-hydrogen) atoms. The lowest BCUT2D eigenvalue weighted by Gasteiger charge is -2.13. The number of hydrogen-bond acceptors (Lipinski definition) is 2. The summed E-state index contributed by atoms with van der Waals surface area (Å²) in [6.45, 7) is 6.81. The van der Waals surface area contributed by atoms with E-state index in [-0.39, 0.29) is 0 Å². The van der Waals surface area contributed by atoms with Crippen LogP contribution in [0.1, 0.15) is 96.1 Å². The standard InChI is InChI=1S/C23H40O2/c1-5-6-11-15-20-17-22(24)21(23(18-20)25-4)16-13-10-8-7-9-12-14-19(2)3/h17-19,24H,5-16H2,1-4H3. The van der Waals surface area contributed by atoms with Crippen LogP contribution in [0.25, 0.3) is 0 Å². The Morgan fingerprint density at radius 2 is 1.52 bits per heavy atom. The van der Waals surface area contributed by atoms with Gasteiger partial charge in [-0.15, -0.1) is 0 Å². The number of benzene rings is 1. The SMILES string of the molecule is CCCCCc1cc(O)c(CCCCCCCCC(C)C)c(OC)c1. The van der Waals surface area contributed by atoms with Crippen molar-refractivity contribution in [1.29, 1.82) is 0 Å². The molecule has 0 fully saturated rings. The fraction of sp³-hybridized carbons (Fsp3) is 0.739. The minimum Gasteiger partial charge on any atom is -0.508 e. The van der Waals surface area contributed by atoms with Crippen molar-refractivity contribution in [2.45, 2.75) is 97.8 Å². The highest BCUT2D eigenvalue weighted by Gasteiger charge is 2.11. The van der Waals surface area contributed by atoms with Crippen molar-refractivity contribution in [3.8, 4) is 11.5 Å². The molecule has 0 unspecified atom stereocenters. The van der Waals surface area contributed by atoms with E-state index in [9.17, 15) is 5.11 Å². The molecule has 0 heterocycles. The van der Waals surface area contributed by atoms with Crippen LogP contribution in [-0.2, 0) is 12.8 Å². The number of aromatic hydroxyl groups is 1. The van der Waals surface area contributed by atoms with Crippen molar-refractivity contribution in [3.05, 3.63) is 23.3 Å². The molecular formula is C23H40O2. The topological polar surface area (TPSA) is 29.5 Å². The van der Waals surface area contributed by atoms with E-state index in [1.165, 1.54) is 63.4 Å². The van der Waals surface area contributed by atoms with Crippen LogP contribution < -0.4 is 4.74 Å². The van der Waals surface area contributed by atoms with Crippen LogP contribution in [-0.4, -0.2) is 12.2 Å². The van der Waals surface area contributed by atoms with Gasteiger partial charge in [0.05, 0.1) is 7.11 Å². The van der Waals surface area contributed by atoms with Gasteiger partial charge in [0.2, 0.25) is 0 Å². The normalized spacial score (nSPS) is 11.2. The zero-order valence-corrected chi connectivity index (χ0v) is 17.1. The molecule has 1 rings (SSSR count). The third-order valence-corrected chi connectivity index (χ3v) is 4.99. The molecule has 0 saturated heterocycles. The summed E-state index contributed by atoms with van der Waals surface area (Å²) in [5, 5.41) is 10.4. The first kappa shape index (κ1) is 21.9. The summed E-state index contributed by atoms with van der Waals surface area (Å²) < 4.78 is 5.55. The summed E-state index contributed by atoms with van der Waals surface area (Å²) in [5.41, 5.74) is 2.18. The van der Waals surface area contributed by atoms with Crippen LogP contribution >= 0.6 is 0 Å². The van der Waals surface area contributed by atoms with E-state index in [4.69, 9.17) is 4.74 Å². The molecule has 1 aromatic carbocycles. The maximum absolute atomic E-state index is 10.4. The van der Waals surface area contributed by atoms with Gasteiger partial charge >= 0.3 is 0 Å². The smallest absolute Gasteiger partial charge is 0.126 e. The molecule has 0 atom stereocenters. The molecule has 0 aromatic heterocycles. The zero-order valence-electron chi connectivity index (χ0n) is 17.1. The van der Waals surface area contributed by atoms with Gasteiger partial charge in [0, 0.05) is 5.56 Å². The Hall–Kier alpha value is -1.18. The van der Waals surface area contributed by atoms with Crippen LogP contribution in [0.3, 0.4) is 0 Å². The Bertz CT molecular complexity index is 465. The second-order valence-corrected chi connectivity index (χ2v) is 7.81. The molecule has 144 valence electrons. The summed E-state index contributed by atoms with van der Waals surface area (Å²) in [6, 6.07) is 4.07. The Morgan fingerprint density at radius 3 is 2.16 bits per heavy atom. The third kappa shape index (κ3) is 9.18. The molecule has 0 aliphatic heterocycles. The number of aryl methyl sites for hydroxylation is 1. The molecule has 0 saturated carbocycles. The lowest BCUT2D eigenvalue weighted by molar-refractivity contribution is 0.397. The summed E-state index contributed by atoms with van der Waals surface area (Å²) in [5.74, 6) is 2.12. The molecule has 2 nitrogen and oxygen atoms in total. The van der Waals surface area contributed by atoms with Gasteiger partial charge in [-0.1, -0.05) is 72.1 Å². The highest BCUT2D eigenvalue weighted by atomic mass is 16.5. The number of methoxy groups -OCH3 is 1. The highest BCUT2D eigenvalue weighted by molar-refractivity contribution is 5.47. The number of rotatable bonds is 14. The van der Waals surface area contributed by atoms with E-state index in [0.717, 1.165) is 36.5 Å². The fourth-order valence-corrected chi connectivity index (χ4v) is 3.40. The molecule has 0 bridgehead atoms. The summed E-state index contributed by atoms with van der Waals surface area (Å²) in [6.07, 6.45) is 14.7. The first-order valence-corrected chi connectivity index (χ1v) is 10.5. The van der Waals surface area contributed by atoms with Crippen LogP contribution in [0.2, 0.25) is 0 Å². The maximum atomic E-state index is 10.4. The molecule has 1 aromatic rings. The lowest BCUT2D eigenvalue weighted by Crippen LogP contribution is -1.97. The van der Waals surface area contributed by atoms with Gasteiger partial charge in [-0.2, -0.15) is 0 Å². The second-order valence-electron chi connectivity index (χ2n) is 7.81. The van der Waals surface area contributed by atoms with Gasteiger partial charge in [-0.3, -0.25) is 0 Å². The first-order chi connectivity index (χ1) is 12.1. The average molecular weight is 349 g/mol. The third-order valence-electron chi connectivity index (χ3n) is 4.99. The van der Waals surface area contributed by atoms with E-state index in [0.29, 0.717) is 5.75 Å². The number of ether oxygens (including phenoxy) is 1. The molecule has 1 N–H and O–H groups in total.